The summed E-state index contributed by atoms with van der Waals surface area (Å²) in [5.41, 5.74) is 8.76. The molecule has 10 nitrogen and oxygen atoms in total. The van der Waals surface area contributed by atoms with Crippen molar-refractivity contribution >= 4 is 40.5 Å². The van der Waals surface area contributed by atoms with Gasteiger partial charge in [-0.25, -0.2) is 10.8 Å². The molecule has 2 aromatic heterocycles. The molecule has 0 atom stereocenters. The van der Waals surface area contributed by atoms with Crippen LogP contribution in [0.3, 0.4) is 0 Å². The van der Waals surface area contributed by atoms with E-state index in [1.54, 1.807) is 18.3 Å². The molecule has 1 aromatic carbocycles. The number of hydrogen-bond acceptors (Lipinski definition) is 8. The average molecular weight is 490 g/mol. The third-order valence-corrected chi connectivity index (χ3v) is 6.15. The van der Waals surface area contributed by atoms with Gasteiger partial charge in [-0.1, -0.05) is 23.2 Å². The molecular weight excluding hydrogens is 465 g/mol. The molecular formula is C21H25Cl2N9O. The Balaban J connectivity index is 1.66. The number of nitrogen functional groups attached to an aromatic ring is 1. The molecule has 0 aliphatic carbocycles. The minimum absolute atomic E-state index is 0.185. The predicted molar refractivity (Wildman–Crippen MR) is 131 cm³/mol. The lowest BCUT2D eigenvalue weighted by molar-refractivity contribution is 0.343. The summed E-state index contributed by atoms with van der Waals surface area (Å²) in [5.74, 6) is 12.8. The van der Waals surface area contributed by atoms with Crippen molar-refractivity contribution in [1.29, 1.82) is 0 Å². The zero-order chi connectivity index (χ0) is 23.5. The second kappa shape index (κ2) is 9.84. The predicted octanol–water partition coefficient (Wildman–Crippen LogP) is 2.77. The van der Waals surface area contributed by atoms with Crippen LogP contribution in [-0.2, 0) is 0 Å². The molecule has 33 heavy (non-hydrogen) atoms. The highest BCUT2D eigenvalue weighted by atomic mass is 35.5. The van der Waals surface area contributed by atoms with Gasteiger partial charge in [-0.05, 0) is 44.1 Å². The van der Waals surface area contributed by atoms with Crippen LogP contribution in [0, 0.1) is 0 Å². The quantitative estimate of drug-likeness (QED) is 0.185. The van der Waals surface area contributed by atoms with Crippen molar-refractivity contribution in [3.63, 3.8) is 0 Å². The lowest BCUT2D eigenvalue weighted by Gasteiger charge is -2.23. The van der Waals surface area contributed by atoms with Crippen molar-refractivity contribution in [1.82, 2.24) is 20.1 Å². The Morgan fingerprint density at radius 1 is 1.18 bits per heavy atom. The largest absolute Gasteiger partial charge is 0.494 e. The molecule has 174 valence electrons. The van der Waals surface area contributed by atoms with Gasteiger partial charge in [-0.2, -0.15) is 10.2 Å². The molecule has 1 saturated heterocycles. The lowest BCUT2D eigenvalue weighted by atomic mass is 10.1. The molecule has 3 aromatic rings. The molecule has 7 N–H and O–H groups in total. The van der Waals surface area contributed by atoms with Gasteiger partial charge in [-0.3, -0.25) is 9.69 Å². The van der Waals surface area contributed by atoms with Crippen LogP contribution in [0.2, 0.25) is 10.0 Å². The van der Waals surface area contributed by atoms with E-state index in [2.05, 4.69) is 20.5 Å². The van der Waals surface area contributed by atoms with Gasteiger partial charge in [0.2, 0.25) is 0 Å². The molecule has 0 bridgehead atoms. The Bertz CT molecular complexity index is 1150. The second-order valence-electron chi connectivity index (χ2n) is 7.61. The fourth-order valence-corrected chi connectivity index (χ4v) is 4.46. The highest BCUT2D eigenvalue weighted by molar-refractivity contribution is 6.37. The first-order valence-corrected chi connectivity index (χ1v) is 11.1. The number of pyridine rings is 1. The number of halogens is 2. The van der Waals surface area contributed by atoms with Crippen LogP contribution in [0.4, 0.5) is 11.5 Å². The summed E-state index contributed by atoms with van der Waals surface area (Å²) in [4.78, 5) is 4.32. The number of piperidine rings is 1. The summed E-state index contributed by atoms with van der Waals surface area (Å²) in [6, 6.07) is 5.37. The normalized spacial score (nSPS) is 15.0. The van der Waals surface area contributed by atoms with Gasteiger partial charge in [0.15, 0.2) is 11.6 Å². The van der Waals surface area contributed by atoms with Crippen LogP contribution < -0.4 is 32.5 Å². The minimum Gasteiger partial charge on any atom is -0.494 e. The summed E-state index contributed by atoms with van der Waals surface area (Å²) in [7, 11) is 1.48. The number of nitrogens with two attached hydrogens (primary N) is 3. The van der Waals surface area contributed by atoms with Crippen LogP contribution in [0.25, 0.3) is 11.1 Å². The van der Waals surface area contributed by atoms with Gasteiger partial charge in [0.25, 0.3) is 0 Å². The summed E-state index contributed by atoms with van der Waals surface area (Å²) in [6.07, 6.45) is 7.56. The zero-order valence-corrected chi connectivity index (χ0v) is 19.5. The third kappa shape index (κ3) is 4.69. The maximum Gasteiger partial charge on any atom is 0.177 e. The van der Waals surface area contributed by atoms with Gasteiger partial charge in [0, 0.05) is 23.5 Å². The standard InChI is InChI=1S/C21H25Cl2N9O/c1-33-19-17(22)7-15(8-18(19)23)32(26)21(30-25)16-6-12(9-28-20(16)24)13-10-29-31(11-13)14-2-4-27-5-3-14/h6-11,14,27H,2-5,25-26H2,1H3,(H2,24,28)/b30-21-. The number of nitrogens with one attached hydrogen (secondary N) is 1. The number of aromatic nitrogens is 3. The zero-order valence-electron chi connectivity index (χ0n) is 18.0. The van der Waals surface area contributed by atoms with Crippen molar-refractivity contribution in [3.05, 3.63) is 52.4 Å². The number of hydrazine groups is 1. The first kappa shape index (κ1) is 23.1. The first-order valence-electron chi connectivity index (χ1n) is 10.3. The van der Waals surface area contributed by atoms with Gasteiger partial charge in [-0.15, -0.1) is 0 Å². The number of ether oxygens (including phenoxy) is 1. The summed E-state index contributed by atoms with van der Waals surface area (Å²) >= 11 is 12.5. The SMILES string of the molecule is COc1c(Cl)cc(N(N)/C(=N\N)c2cc(-c3cnn(C4CCNCC4)c3)cnc2N)cc1Cl. The highest BCUT2D eigenvalue weighted by Gasteiger charge is 2.21. The van der Waals surface area contributed by atoms with Crippen molar-refractivity contribution in [2.45, 2.75) is 18.9 Å². The Hall–Kier alpha value is -3.05. The van der Waals surface area contributed by atoms with Gasteiger partial charge in [0.05, 0.1) is 40.6 Å². The van der Waals surface area contributed by atoms with E-state index in [1.165, 1.54) is 12.1 Å². The molecule has 0 radical (unpaired) electrons. The molecule has 0 spiro atoms. The van der Waals surface area contributed by atoms with E-state index in [0.29, 0.717) is 23.0 Å². The Morgan fingerprint density at radius 3 is 2.52 bits per heavy atom. The minimum atomic E-state index is 0.185. The van der Waals surface area contributed by atoms with E-state index >= 15 is 0 Å². The van der Waals surface area contributed by atoms with Crippen molar-refractivity contribution in [2.75, 3.05) is 30.9 Å². The van der Waals surface area contributed by atoms with Gasteiger partial charge >= 0.3 is 0 Å². The first-order chi connectivity index (χ1) is 15.9. The molecule has 0 unspecified atom stereocenters. The van der Waals surface area contributed by atoms with Crippen molar-refractivity contribution in [2.24, 2.45) is 16.8 Å². The third-order valence-electron chi connectivity index (χ3n) is 5.59. The van der Waals surface area contributed by atoms with E-state index < -0.39 is 0 Å². The van der Waals surface area contributed by atoms with Crippen molar-refractivity contribution < 1.29 is 4.74 Å². The van der Waals surface area contributed by atoms with E-state index in [-0.39, 0.29) is 21.7 Å². The number of nitrogens with zero attached hydrogens (tertiary/aromatic N) is 5. The lowest BCUT2D eigenvalue weighted by Crippen LogP contribution is -2.39. The average Bonchev–Trinajstić information content (AvgIpc) is 3.31. The number of hydrogen-bond donors (Lipinski definition) is 4. The molecule has 3 heterocycles. The molecule has 0 saturated carbocycles. The van der Waals surface area contributed by atoms with E-state index in [9.17, 15) is 0 Å². The molecule has 1 aliphatic heterocycles. The monoisotopic (exact) mass is 489 g/mol. The summed E-state index contributed by atoms with van der Waals surface area (Å²) < 4.78 is 7.19. The van der Waals surface area contributed by atoms with Crippen LogP contribution in [0.15, 0.2) is 41.9 Å². The Labute approximate surface area is 201 Å². The van der Waals surface area contributed by atoms with E-state index in [1.807, 2.05) is 23.1 Å². The topological polar surface area (TPSA) is 146 Å². The number of anilines is 2. The fraction of sp³-hybridized carbons (Fsp3) is 0.286. The molecule has 4 rings (SSSR count). The van der Waals surface area contributed by atoms with E-state index in [0.717, 1.165) is 37.1 Å². The van der Waals surface area contributed by atoms with Crippen LogP contribution in [-0.4, -0.2) is 40.8 Å². The van der Waals surface area contributed by atoms with Crippen LogP contribution in [0.5, 0.6) is 5.75 Å². The number of amidine groups is 1. The fourth-order valence-electron chi connectivity index (χ4n) is 3.83. The summed E-state index contributed by atoms with van der Waals surface area (Å²) in [5, 5.41) is 13.6. The molecule has 0 amide bonds. The number of methoxy groups -OCH3 is 1. The smallest absolute Gasteiger partial charge is 0.177 e. The van der Waals surface area contributed by atoms with Crippen molar-refractivity contribution in [3.8, 4) is 16.9 Å². The number of hydrazone groups is 1. The van der Waals surface area contributed by atoms with Crippen LogP contribution in [0.1, 0.15) is 24.4 Å². The second-order valence-corrected chi connectivity index (χ2v) is 8.43. The number of rotatable bonds is 5. The molecule has 1 aliphatic rings. The van der Waals surface area contributed by atoms with Gasteiger partial charge in [0.1, 0.15) is 5.82 Å². The van der Waals surface area contributed by atoms with Gasteiger partial charge < -0.3 is 21.6 Å². The maximum absolute atomic E-state index is 6.33. The molecule has 1 fully saturated rings. The Kier molecular flexibility index (Phi) is 6.89. The maximum atomic E-state index is 6.33. The Morgan fingerprint density at radius 2 is 1.88 bits per heavy atom. The van der Waals surface area contributed by atoms with Crippen LogP contribution >= 0.6 is 23.2 Å². The number of benzene rings is 1. The highest BCUT2D eigenvalue weighted by Crippen LogP contribution is 2.37. The summed E-state index contributed by atoms with van der Waals surface area (Å²) in [6.45, 7) is 1.96. The van der Waals surface area contributed by atoms with E-state index in [4.69, 9.17) is 45.4 Å². The molecule has 12 heteroatoms.